The molecule has 0 unspecified atom stereocenters. The number of halogens is 3. The van der Waals surface area contributed by atoms with E-state index in [1.807, 2.05) is 42.2 Å². The molecule has 0 bridgehead atoms. The molecule has 10 heteroatoms. The van der Waals surface area contributed by atoms with E-state index >= 15 is 0 Å². The minimum absolute atomic E-state index is 0.000261. The summed E-state index contributed by atoms with van der Waals surface area (Å²) >= 11 is 0. The van der Waals surface area contributed by atoms with Crippen molar-refractivity contribution in [1.82, 2.24) is 14.5 Å². The zero-order valence-electron chi connectivity index (χ0n) is 18.4. The molecule has 6 nitrogen and oxygen atoms in total. The summed E-state index contributed by atoms with van der Waals surface area (Å²) in [5.74, 6) is -0.134. The van der Waals surface area contributed by atoms with Gasteiger partial charge >= 0.3 is 6.18 Å². The molecule has 1 aliphatic rings. The summed E-state index contributed by atoms with van der Waals surface area (Å²) < 4.78 is 65.6. The fourth-order valence-electron chi connectivity index (χ4n) is 3.73. The van der Waals surface area contributed by atoms with Crippen molar-refractivity contribution in [3.05, 3.63) is 65.7 Å². The number of nitrogens with one attached hydrogen (secondary N) is 1. The number of benzene rings is 2. The number of hydrogen-bond acceptors (Lipinski definition) is 4. The van der Waals surface area contributed by atoms with E-state index in [0.29, 0.717) is 19.2 Å². The molecule has 1 atom stereocenters. The summed E-state index contributed by atoms with van der Waals surface area (Å²) in [6.07, 6.45) is -2.96. The number of carbonyl (C=O) groups excluding carboxylic acids is 1. The van der Waals surface area contributed by atoms with Gasteiger partial charge < -0.3 is 5.32 Å². The molecule has 1 heterocycles. The maximum atomic E-state index is 12.9. The van der Waals surface area contributed by atoms with Crippen LogP contribution < -0.4 is 5.32 Å². The Morgan fingerprint density at radius 1 is 1.03 bits per heavy atom. The molecule has 2 aromatic carbocycles. The van der Waals surface area contributed by atoms with E-state index in [0.717, 1.165) is 25.0 Å². The highest BCUT2D eigenvalue weighted by Gasteiger charge is 2.34. The molecule has 0 aromatic heterocycles. The second-order valence-electron chi connectivity index (χ2n) is 8.20. The van der Waals surface area contributed by atoms with Gasteiger partial charge in [0.05, 0.1) is 17.0 Å². The molecule has 1 N–H and O–H groups in total. The molecule has 33 heavy (non-hydrogen) atoms. The summed E-state index contributed by atoms with van der Waals surface area (Å²) in [4.78, 5) is 13.8. The number of amides is 1. The lowest BCUT2D eigenvalue weighted by atomic mass is 10.1. The predicted molar refractivity (Wildman–Crippen MR) is 119 cm³/mol. The van der Waals surface area contributed by atoms with Crippen LogP contribution in [-0.2, 0) is 27.4 Å². The normalized spacial score (nSPS) is 17.0. The third-order valence-electron chi connectivity index (χ3n) is 5.61. The Bertz CT molecular complexity index is 1040. The predicted octanol–water partition coefficient (Wildman–Crippen LogP) is 3.15. The van der Waals surface area contributed by atoms with Crippen LogP contribution in [0.3, 0.4) is 0 Å². The van der Waals surface area contributed by atoms with Crippen molar-refractivity contribution in [3.8, 4) is 0 Å². The van der Waals surface area contributed by atoms with Gasteiger partial charge in [0.15, 0.2) is 0 Å². The Hall–Kier alpha value is -2.43. The third kappa shape index (κ3) is 7.02. The van der Waals surface area contributed by atoms with Crippen LogP contribution >= 0.6 is 0 Å². The van der Waals surface area contributed by atoms with Crippen molar-refractivity contribution in [3.63, 3.8) is 0 Å². The van der Waals surface area contributed by atoms with Crippen molar-refractivity contribution >= 4 is 15.9 Å². The lowest BCUT2D eigenvalue weighted by molar-refractivity contribution is -0.137. The van der Waals surface area contributed by atoms with Crippen LogP contribution in [0.15, 0.2) is 59.5 Å². The van der Waals surface area contributed by atoms with Crippen LogP contribution in [0.5, 0.6) is 0 Å². The molecule has 180 valence electrons. The monoisotopic (exact) mass is 483 g/mol. The molecule has 0 aliphatic carbocycles. The number of sulfonamides is 1. The lowest BCUT2D eigenvalue weighted by Gasteiger charge is -2.33. The van der Waals surface area contributed by atoms with E-state index in [4.69, 9.17) is 0 Å². The largest absolute Gasteiger partial charge is 0.416 e. The van der Waals surface area contributed by atoms with Gasteiger partial charge in [-0.2, -0.15) is 17.5 Å². The smallest absolute Gasteiger partial charge is 0.353 e. The fourth-order valence-corrected chi connectivity index (χ4v) is 5.20. The first-order valence-corrected chi connectivity index (χ1v) is 12.2. The molecule has 1 amide bonds. The molecule has 1 aliphatic heterocycles. The van der Waals surface area contributed by atoms with Crippen molar-refractivity contribution in [2.24, 2.45) is 0 Å². The highest BCUT2D eigenvalue weighted by molar-refractivity contribution is 7.89. The van der Waals surface area contributed by atoms with Crippen molar-refractivity contribution in [1.29, 1.82) is 0 Å². The first-order valence-electron chi connectivity index (χ1n) is 10.8. The molecule has 2 aromatic rings. The van der Waals surface area contributed by atoms with Gasteiger partial charge in [-0.05, 0) is 43.5 Å². The van der Waals surface area contributed by atoms with Crippen LogP contribution in [0, 0.1) is 0 Å². The van der Waals surface area contributed by atoms with Crippen LogP contribution in [0.25, 0.3) is 0 Å². The van der Waals surface area contributed by atoms with Crippen molar-refractivity contribution < 1.29 is 26.4 Å². The summed E-state index contributed by atoms with van der Waals surface area (Å²) in [5, 5.41) is 2.97. The second-order valence-corrected chi connectivity index (χ2v) is 10.1. The quantitative estimate of drug-likeness (QED) is 0.627. The van der Waals surface area contributed by atoms with Gasteiger partial charge in [0.25, 0.3) is 0 Å². The lowest BCUT2D eigenvalue weighted by Crippen LogP contribution is -2.51. The number of piperazine rings is 1. The molecule has 1 fully saturated rings. The minimum atomic E-state index is -4.62. The van der Waals surface area contributed by atoms with Crippen molar-refractivity contribution in [2.75, 3.05) is 32.7 Å². The Morgan fingerprint density at radius 2 is 1.70 bits per heavy atom. The van der Waals surface area contributed by atoms with E-state index in [9.17, 15) is 26.4 Å². The maximum absolute atomic E-state index is 12.9. The Labute approximate surface area is 192 Å². The van der Waals surface area contributed by atoms with Crippen LogP contribution in [0.1, 0.15) is 24.5 Å². The van der Waals surface area contributed by atoms with Gasteiger partial charge in [-0.15, -0.1) is 0 Å². The maximum Gasteiger partial charge on any atom is 0.416 e. The standard InChI is InChI=1S/C23H28F3N3O3S/c1-18(10-11-19-6-3-2-4-7-19)27-22(30)17-28-12-14-29(15-13-28)33(31,32)21-9-5-8-20(16-21)23(24,25)26/h2-9,16,18H,10-15,17H2,1H3,(H,27,30)/t18-/m1/s1. The van der Waals surface area contributed by atoms with E-state index in [2.05, 4.69) is 5.32 Å². The SMILES string of the molecule is C[C@H](CCc1ccccc1)NC(=O)CN1CCN(S(=O)(=O)c2cccc(C(F)(F)F)c2)CC1. The summed E-state index contributed by atoms with van der Waals surface area (Å²) in [7, 11) is -4.04. The Kier molecular flexibility index (Phi) is 8.14. The summed E-state index contributed by atoms with van der Waals surface area (Å²) in [6.45, 7) is 2.95. The number of carbonyl (C=O) groups is 1. The molecule has 3 rings (SSSR count). The van der Waals surface area contributed by atoms with Crippen molar-refractivity contribution in [2.45, 2.75) is 36.9 Å². The summed E-state index contributed by atoms with van der Waals surface area (Å²) in [6, 6.07) is 13.8. The third-order valence-corrected chi connectivity index (χ3v) is 7.51. The molecular formula is C23H28F3N3O3S. The first kappa shape index (κ1) is 25.2. The van der Waals surface area contributed by atoms with E-state index in [1.165, 1.54) is 15.9 Å². The van der Waals surface area contributed by atoms with E-state index < -0.39 is 21.8 Å². The van der Waals surface area contributed by atoms with Gasteiger partial charge in [-0.25, -0.2) is 8.42 Å². The average molecular weight is 484 g/mol. The number of nitrogens with zero attached hydrogens (tertiary/aromatic N) is 2. The second kappa shape index (κ2) is 10.7. The zero-order valence-corrected chi connectivity index (χ0v) is 19.2. The molecule has 1 saturated heterocycles. The summed E-state index contributed by atoms with van der Waals surface area (Å²) in [5.41, 5.74) is 0.206. The van der Waals surface area contributed by atoms with Crippen LogP contribution in [0.2, 0.25) is 0 Å². The average Bonchev–Trinajstić information content (AvgIpc) is 2.78. The van der Waals surface area contributed by atoms with Gasteiger partial charge in [-0.1, -0.05) is 36.4 Å². The number of aryl methyl sites for hydroxylation is 1. The Morgan fingerprint density at radius 3 is 2.33 bits per heavy atom. The Balaban J connectivity index is 1.47. The topological polar surface area (TPSA) is 69.7 Å². The highest BCUT2D eigenvalue weighted by atomic mass is 32.2. The highest BCUT2D eigenvalue weighted by Crippen LogP contribution is 2.31. The molecular weight excluding hydrogens is 455 g/mol. The first-order chi connectivity index (χ1) is 15.6. The fraction of sp³-hybridized carbons (Fsp3) is 0.435. The zero-order chi connectivity index (χ0) is 24.1. The van der Waals surface area contributed by atoms with Crippen LogP contribution in [0.4, 0.5) is 13.2 Å². The minimum Gasteiger partial charge on any atom is -0.353 e. The number of hydrogen-bond donors (Lipinski definition) is 1. The number of alkyl halides is 3. The van der Waals surface area contributed by atoms with E-state index in [-0.39, 0.29) is 36.5 Å². The molecule has 0 saturated carbocycles. The molecule has 0 radical (unpaired) electrons. The van der Waals surface area contributed by atoms with Crippen LogP contribution in [-0.4, -0.2) is 62.3 Å². The number of rotatable bonds is 8. The van der Waals surface area contributed by atoms with Gasteiger partial charge in [-0.3, -0.25) is 9.69 Å². The van der Waals surface area contributed by atoms with E-state index in [1.54, 1.807) is 0 Å². The molecule has 0 spiro atoms. The van der Waals surface area contributed by atoms with Gasteiger partial charge in [0.2, 0.25) is 15.9 Å². The van der Waals surface area contributed by atoms with Gasteiger partial charge in [0.1, 0.15) is 0 Å². The van der Waals surface area contributed by atoms with Gasteiger partial charge in [0, 0.05) is 32.2 Å².